The van der Waals surface area contributed by atoms with E-state index in [1.165, 1.54) is 5.56 Å². The van der Waals surface area contributed by atoms with Gasteiger partial charge in [0.25, 0.3) is 0 Å². The first-order chi connectivity index (χ1) is 11.3. The highest BCUT2D eigenvalue weighted by molar-refractivity contribution is 5.77. The highest BCUT2D eigenvalue weighted by Gasteiger charge is 2.21. The molecule has 2 aromatic rings. The molecule has 0 bridgehead atoms. The molecule has 1 saturated heterocycles. The Morgan fingerprint density at radius 3 is 2.43 bits per heavy atom. The van der Waals surface area contributed by atoms with Gasteiger partial charge < -0.3 is 10.1 Å². The van der Waals surface area contributed by atoms with Crippen molar-refractivity contribution in [3.8, 4) is 0 Å². The topological polar surface area (TPSA) is 38.3 Å². The predicted octanol–water partition coefficient (Wildman–Crippen LogP) is 3.66. The average Bonchev–Trinajstić information content (AvgIpc) is 3.09. The molecule has 1 aliphatic rings. The van der Waals surface area contributed by atoms with E-state index in [0.29, 0.717) is 6.42 Å². The van der Waals surface area contributed by atoms with Gasteiger partial charge in [-0.1, -0.05) is 60.7 Å². The van der Waals surface area contributed by atoms with Gasteiger partial charge in [-0.15, -0.1) is 0 Å². The number of amides is 1. The van der Waals surface area contributed by atoms with Crippen molar-refractivity contribution in [3.05, 3.63) is 71.8 Å². The Morgan fingerprint density at radius 1 is 1.09 bits per heavy atom. The van der Waals surface area contributed by atoms with E-state index in [1.807, 2.05) is 36.4 Å². The molecule has 1 aliphatic heterocycles. The van der Waals surface area contributed by atoms with Gasteiger partial charge in [-0.05, 0) is 30.4 Å². The minimum absolute atomic E-state index is 0.00694. The van der Waals surface area contributed by atoms with Crippen LogP contribution in [0.4, 0.5) is 0 Å². The number of rotatable bonds is 6. The van der Waals surface area contributed by atoms with Crippen molar-refractivity contribution in [3.63, 3.8) is 0 Å². The van der Waals surface area contributed by atoms with Gasteiger partial charge >= 0.3 is 0 Å². The molecule has 0 saturated carbocycles. The molecule has 3 rings (SSSR count). The summed E-state index contributed by atoms with van der Waals surface area (Å²) >= 11 is 0. The highest BCUT2D eigenvalue weighted by Crippen LogP contribution is 2.20. The summed E-state index contributed by atoms with van der Waals surface area (Å²) in [6, 6.07) is 20.4. The minimum Gasteiger partial charge on any atom is -0.378 e. The third-order valence-electron chi connectivity index (χ3n) is 4.26. The lowest BCUT2D eigenvalue weighted by Crippen LogP contribution is -2.32. The summed E-state index contributed by atoms with van der Waals surface area (Å²) in [5, 5.41) is 3.19. The molecule has 23 heavy (non-hydrogen) atoms. The molecule has 0 aliphatic carbocycles. The Labute approximate surface area is 137 Å². The molecule has 0 radical (unpaired) electrons. The monoisotopic (exact) mass is 309 g/mol. The van der Waals surface area contributed by atoms with Crippen LogP contribution >= 0.6 is 0 Å². The Kier molecular flexibility index (Phi) is 5.43. The minimum atomic E-state index is -0.00694. The zero-order valence-electron chi connectivity index (χ0n) is 13.3. The van der Waals surface area contributed by atoms with Gasteiger partial charge in [0, 0.05) is 6.61 Å². The average molecular weight is 309 g/mol. The number of carbonyl (C=O) groups excluding carboxylic acids is 1. The lowest BCUT2D eigenvalue weighted by atomic mass is 9.98. The number of hydrogen-bond donors (Lipinski definition) is 1. The maximum atomic E-state index is 12.4. The van der Waals surface area contributed by atoms with E-state index in [9.17, 15) is 4.79 Å². The molecule has 0 aromatic heterocycles. The molecule has 1 N–H and O–H groups in total. The van der Waals surface area contributed by atoms with Crippen molar-refractivity contribution in [2.45, 2.75) is 37.8 Å². The second-order valence-electron chi connectivity index (χ2n) is 6.06. The Hall–Kier alpha value is -2.13. The highest BCUT2D eigenvalue weighted by atomic mass is 16.5. The van der Waals surface area contributed by atoms with Crippen LogP contribution in [-0.4, -0.2) is 18.6 Å². The van der Waals surface area contributed by atoms with E-state index in [-0.39, 0.29) is 18.1 Å². The summed E-state index contributed by atoms with van der Waals surface area (Å²) in [5.41, 5.74) is 2.36. The summed E-state index contributed by atoms with van der Waals surface area (Å²) < 4.78 is 5.57. The smallest absolute Gasteiger partial charge is 0.223 e. The summed E-state index contributed by atoms with van der Waals surface area (Å²) in [4.78, 5) is 12.4. The SMILES string of the molecule is O=C(C[C@@H]1CCCO1)N[C@@H](Cc1ccccc1)c1ccccc1. The molecule has 2 aromatic carbocycles. The zero-order chi connectivity index (χ0) is 15.9. The second-order valence-corrected chi connectivity index (χ2v) is 6.06. The van der Waals surface area contributed by atoms with E-state index in [4.69, 9.17) is 4.74 Å². The van der Waals surface area contributed by atoms with Crippen LogP contribution in [0.2, 0.25) is 0 Å². The predicted molar refractivity (Wildman–Crippen MR) is 91.1 cm³/mol. The van der Waals surface area contributed by atoms with Gasteiger partial charge in [-0.25, -0.2) is 0 Å². The van der Waals surface area contributed by atoms with E-state index in [2.05, 4.69) is 29.6 Å². The zero-order valence-corrected chi connectivity index (χ0v) is 13.3. The first-order valence-electron chi connectivity index (χ1n) is 8.31. The van der Waals surface area contributed by atoms with Crippen LogP contribution in [-0.2, 0) is 16.0 Å². The quantitative estimate of drug-likeness (QED) is 0.884. The molecule has 0 unspecified atom stereocenters. The summed E-state index contributed by atoms with van der Waals surface area (Å²) in [6.45, 7) is 0.782. The van der Waals surface area contributed by atoms with Crippen molar-refractivity contribution in [1.29, 1.82) is 0 Å². The third-order valence-corrected chi connectivity index (χ3v) is 4.26. The largest absolute Gasteiger partial charge is 0.378 e. The van der Waals surface area contributed by atoms with Crippen LogP contribution in [0.5, 0.6) is 0 Å². The molecule has 1 fully saturated rings. The molecule has 0 spiro atoms. The van der Waals surface area contributed by atoms with E-state index in [1.54, 1.807) is 0 Å². The van der Waals surface area contributed by atoms with Crippen LogP contribution in [0, 0.1) is 0 Å². The first-order valence-corrected chi connectivity index (χ1v) is 8.31. The van der Waals surface area contributed by atoms with Crippen LogP contribution in [0.25, 0.3) is 0 Å². The third kappa shape index (κ3) is 4.67. The Morgan fingerprint density at radius 2 is 1.78 bits per heavy atom. The van der Waals surface area contributed by atoms with Crippen molar-refractivity contribution in [1.82, 2.24) is 5.32 Å². The first kappa shape index (κ1) is 15.8. The fraction of sp³-hybridized carbons (Fsp3) is 0.350. The fourth-order valence-corrected chi connectivity index (χ4v) is 3.05. The summed E-state index contributed by atoms with van der Waals surface area (Å²) in [7, 11) is 0. The second kappa shape index (κ2) is 7.93. The van der Waals surface area contributed by atoms with E-state index in [0.717, 1.165) is 31.4 Å². The van der Waals surface area contributed by atoms with Crippen LogP contribution in [0.15, 0.2) is 60.7 Å². The summed E-state index contributed by atoms with van der Waals surface area (Å²) in [5.74, 6) is 0.0710. The molecular formula is C20H23NO2. The molecule has 120 valence electrons. The van der Waals surface area contributed by atoms with Crippen LogP contribution < -0.4 is 5.32 Å². The normalized spacial score (nSPS) is 18.5. The van der Waals surface area contributed by atoms with Crippen LogP contribution in [0.1, 0.15) is 36.4 Å². The Bertz CT molecular complexity index is 606. The van der Waals surface area contributed by atoms with Gasteiger partial charge in [0.1, 0.15) is 0 Å². The van der Waals surface area contributed by atoms with Crippen molar-refractivity contribution < 1.29 is 9.53 Å². The lowest BCUT2D eigenvalue weighted by molar-refractivity contribution is -0.124. The molecular weight excluding hydrogens is 286 g/mol. The number of hydrogen-bond acceptors (Lipinski definition) is 2. The maximum Gasteiger partial charge on any atom is 0.223 e. The molecule has 1 amide bonds. The van der Waals surface area contributed by atoms with Crippen molar-refractivity contribution >= 4 is 5.91 Å². The van der Waals surface area contributed by atoms with Gasteiger partial charge in [0.15, 0.2) is 0 Å². The number of ether oxygens (including phenoxy) is 1. The lowest BCUT2D eigenvalue weighted by Gasteiger charge is -2.20. The maximum absolute atomic E-state index is 12.4. The summed E-state index contributed by atoms with van der Waals surface area (Å²) in [6.07, 6.45) is 3.38. The van der Waals surface area contributed by atoms with E-state index < -0.39 is 0 Å². The number of benzene rings is 2. The van der Waals surface area contributed by atoms with E-state index >= 15 is 0 Å². The van der Waals surface area contributed by atoms with Crippen molar-refractivity contribution in [2.75, 3.05) is 6.61 Å². The Balaban J connectivity index is 1.68. The molecule has 3 heteroatoms. The molecule has 3 nitrogen and oxygen atoms in total. The molecule has 2 atom stereocenters. The number of nitrogens with one attached hydrogen (secondary N) is 1. The van der Waals surface area contributed by atoms with Crippen molar-refractivity contribution in [2.24, 2.45) is 0 Å². The molecule has 1 heterocycles. The fourth-order valence-electron chi connectivity index (χ4n) is 3.05. The van der Waals surface area contributed by atoms with Gasteiger partial charge in [0.2, 0.25) is 5.91 Å². The standard InChI is InChI=1S/C20H23NO2/c22-20(15-18-12-7-13-23-18)21-19(17-10-5-2-6-11-17)14-16-8-3-1-4-9-16/h1-6,8-11,18-19H,7,12-15H2,(H,21,22)/t18-,19-/m0/s1. The van der Waals surface area contributed by atoms with Crippen LogP contribution in [0.3, 0.4) is 0 Å². The van der Waals surface area contributed by atoms with Gasteiger partial charge in [0.05, 0.1) is 18.6 Å². The van der Waals surface area contributed by atoms with Gasteiger partial charge in [-0.2, -0.15) is 0 Å². The number of carbonyl (C=O) groups is 1. The van der Waals surface area contributed by atoms with Gasteiger partial charge in [-0.3, -0.25) is 4.79 Å².